The summed E-state index contributed by atoms with van der Waals surface area (Å²) in [6.45, 7) is 0. The van der Waals surface area contributed by atoms with Crippen molar-refractivity contribution in [2.75, 3.05) is 0 Å². The first kappa shape index (κ1) is 9.67. The van der Waals surface area contributed by atoms with E-state index >= 15 is 0 Å². The minimum absolute atomic E-state index is 0.578. The lowest BCUT2D eigenvalue weighted by molar-refractivity contribution is 0.247. The number of amides is 1. The lowest BCUT2D eigenvalue weighted by Gasteiger charge is -1.89. The maximum absolute atomic E-state index is 10.7. The molecule has 0 bridgehead atoms. The average molecular weight is 219 g/mol. The first-order chi connectivity index (χ1) is 7.25. The van der Waals surface area contributed by atoms with Gasteiger partial charge in [0.05, 0.1) is 5.69 Å². The number of nitrogens with two attached hydrogens (primary N) is 1. The molecule has 0 aromatic carbocycles. The Morgan fingerprint density at radius 1 is 1.47 bits per heavy atom. The Hall–Kier alpha value is -1.88. The summed E-state index contributed by atoms with van der Waals surface area (Å²) in [7, 11) is 0. The van der Waals surface area contributed by atoms with Crippen molar-refractivity contribution < 1.29 is 4.79 Å². The van der Waals surface area contributed by atoms with E-state index in [0.717, 1.165) is 9.56 Å². The van der Waals surface area contributed by atoms with Gasteiger partial charge < -0.3 is 5.73 Å². The Morgan fingerprint density at radius 3 is 2.93 bits per heavy atom. The van der Waals surface area contributed by atoms with Gasteiger partial charge in [-0.2, -0.15) is 9.78 Å². The molecule has 2 aromatic rings. The van der Waals surface area contributed by atoms with Gasteiger partial charge in [-0.3, -0.25) is 0 Å². The van der Waals surface area contributed by atoms with Gasteiger partial charge in [-0.05, 0) is 29.7 Å². The second-order valence-electron chi connectivity index (χ2n) is 2.87. The number of rotatable bonds is 2. The Labute approximate surface area is 90.6 Å². The largest absolute Gasteiger partial charge is 0.350 e. The molecule has 0 fully saturated rings. The molecular formula is C10H9N3OS. The molecule has 0 saturated heterocycles. The predicted octanol–water partition coefficient (Wildman–Crippen LogP) is 2.04. The SMILES string of the molecule is NC(=O)n1ccc(/C=C/c2cccs2)n1. The third kappa shape index (κ3) is 2.32. The van der Waals surface area contributed by atoms with Crippen LogP contribution in [0.2, 0.25) is 0 Å². The van der Waals surface area contributed by atoms with E-state index in [1.54, 1.807) is 17.4 Å². The summed E-state index contributed by atoms with van der Waals surface area (Å²) in [4.78, 5) is 11.9. The monoisotopic (exact) mass is 219 g/mol. The molecule has 1 amide bonds. The molecular weight excluding hydrogens is 210 g/mol. The van der Waals surface area contributed by atoms with E-state index in [1.807, 2.05) is 29.7 Å². The lowest BCUT2D eigenvalue weighted by Crippen LogP contribution is -2.19. The van der Waals surface area contributed by atoms with Crippen LogP contribution in [0.1, 0.15) is 10.6 Å². The normalized spacial score (nSPS) is 10.9. The van der Waals surface area contributed by atoms with Crippen LogP contribution in [0.15, 0.2) is 29.8 Å². The van der Waals surface area contributed by atoms with Crippen LogP contribution in [-0.2, 0) is 0 Å². The second kappa shape index (κ2) is 4.10. The van der Waals surface area contributed by atoms with Crippen LogP contribution in [-0.4, -0.2) is 15.8 Å². The molecule has 4 nitrogen and oxygen atoms in total. The Bertz CT molecular complexity index is 485. The number of primary amides is 1. The Balaban J connectivity index is 2.14. The summed E-state index contributed by atoms with van der Waals surface area (Å²) in [5, 5.41) is 5.97. The van der Waals surface area contributed by atoms with Gasteiger partial charge in [0.25, 0.3) is 0 Å². The first-order valence-electron chi connectivity index (χ1n) is 4.33. The average Bonchev–Trinajstić information content (AvgIpc) is 2.86. The van der Waals surface area contributed by atoms with Crippen LogP contribution < -0.4 is 5.73 Å². The van der Waals surface area contributed by atoms with Crippen molar-refractivity contribution in [2.24, 2.45) is 5.73 Å². The predicted molar refractivity (Wildman–Crippen MR) is 60.5 cm³/mol. The highest BCUT2D eigenvalue weighted by Crippen LogP contribution is 2.12. The van der Waals surface area contributed by atoms with Gasteiger partial charge in [0.2, 0.25) is 0 Å². The van der Waals surface area contributed by atoms with Crippen molar-refractivity contribution in [1.29, 1.82) is 0 Å². The van der Waals surface area contributed by atoms with Gasteiger partial charge in [-0.15, -0.1) is 11.3 Å². The van der Waals surface area contributed by atoms with Crippen LogP contribution in [0.5, 0.6) is 0 Å². The third-order valence-corrected chi connectivity index (χ3v) is 2.63. The second-order valence-corrected chi connectivity index (χ2v) is 3.85. The van der Waals surface area contributed by atoms with Crippen molar-refractivity contribution in [3.05, 3.63) is 40.3 Å². The fourth-order valence-corrected chi connectivity index (χ4v) is 1.72. The van der Waals surface area contributed by atoms with Crippen molar-refractivity contribution in [3.8, 4) is 0 Å². The minimum atomic E-state index is -0.578. The summed E-state index contributed by atoms with van der Waals surface area (Å²) in [5.41, 5.74) is 5.77. The van der Waals surface area contributed by atoms with Gasteiger partial charge in [0.1, 0.15) is 0 Å². The molecule has 76 valence electrons. The van der Waals surface area contributed by atoms with Crippen LogP contribution in [0.3, 0.4) is 0 Å². The van der Waals surface area contributed by atoms with Crippen LogP contribution in [0, 0.1) is 0 Å². The van der Waals surface area contributed by atoms with E-state index in [2.05, 4.69) is 5.10 Å². The van der Waals surface area contributed by atoms with Gasteiger partial charge >= 0.3 is 6.03 Å². The van der Waals surface area contributed by atoms with E-state index in [1.165, 1.54) is 6.20 Å². The highest BCUT2D eigenvalue weighted by atomic mass is 32.1. The zero-order valence-corrected chi connectivity index (χ0v) is 8.65. The molecule has 0 aliphatic rings. The maximum Gasteiger partial charge on any atom is 0.339 e. The summed E-state index contributed by atoms with van der Waals surface area (Å²) in [6.07, 6.45) is 5.32. The summed E-state index contributed by atoms with van der Waals surface area (Å²) >= 11 is 1.64. The molecule has 2 heterocycles. The Morgan fingerprint density at radius 2 is 2.33 bits per heavy atom. The van der Waals surface area contributed by atoms with Crippen LogP contribution >= 0.6 is 11.3 Å². The van der Waals surface area contributed by atoms with Gasteiger partial charge in [0.15, 0.2) is 0 Å². The molecule has 0 atom stereocenters. The molecule has 0 unspecified atom stereocenters. The number of nitrogens with zero attached hydrogens (tertiary/aromatic N) is 2. The topological polar surface area (TPSA) is 60.9 Å². The number of carbonyl (C=O) groups is 1. The van der Waals surface area contributed by atoms with Gasteiger partial charge in [-0.1, -0.05) is 6.07 Å². The van der Waals surface area contributed by atoms with Crippen LogP contribution in [0.4, 0.5) is 4.79 Å². The van der Waals surface area contributed by atoms with Crippen molar-refractivity contribution in [2.45, 2.75) is 0 Å². The first-order valence-corrected chi connectivity index (χ1v) is 5.21. The van der Waals surface area contributed by atoms with Crippen molar-refractivity contribution >= 4 is 29.5 Å². The van der Waals surface area contributed by atoms with E-state index in [9.17, 15) is 4.79 Å². The quantitative estimate of drug-likeness (QED) is 0.840. The molecule has 0 saturated carbocycles. The van der Waals surface area contributed by atoms with Gasteiger partial charge in [0, 0.05) is 11.1 Å². The molecule has 2 N–H and O–H groups in total. The minimum Gasteiger partial charge on any atom is -0.350 e. The van der Waals surface area contributed by atoms with Crippen molar-refractivity contribution in [1.82, 2.24) is 9.78 Å². The molecule has 2 aromatic heterocycles. The van der Waals surface area contributed by atoms with Crippen LogP contribution in [0.25, 0.3) is 12.2 Å². The van der Waals surface area contributed by atoms with E-state index in [0.29, 0.717) is 5.69 Å². The lowest BCUT2D eigenvalue weighted by atomic mass is 10.3. The summed E-state index contributed by atoms with van der Waals surface area (Å²) in [6, 6.07) is 5.14. The van der Waals surface area contributed by atoms with E-state index in [-0.39, 0.29) is 0 Å². The fraction of sp³-hybridized carbons (Fsp3) is 0. The Kier molecular flexibility index (Phi) is 2.64. The van der Waals surface area contributed by atoms with E-state index in [4.69, 9.17) is 5.73 Å². The molecule has 0 aliphatic heterocycles. The molecule has 15 heavy (non-hydrogen) atoms. The highest BCUT2D eigenvalue weighted by molar-refractivity contribution is 7.10. The van der Waals surface area contributed by atoms with Crippen molar-refractivity contribution in [3.63, 3.8) is 0 Å². The number of carbonyl (C=O) groups excluding carboxylic acids is 1. The molecule has 0 spiro atoms. The number of hydrogen-bond donors (Lipinski definition) is 1. The highest BCUT2D eigenvalue weighted by Gasteiger charge is 1.99. The summed E-state index contributed by atoms with van der Waals surface area (Å²) < 4.78 is 1.11. The zero-order valence-electron chi connectivity index (χ0n) is 7.83. The number of thiophene rings is 1. The zero-order chi connectivity index (χ0) is 10.7. The van der Waals surface area contributed by atoms with E-state index < -0.39 is 6.03 Å². The van der Waals surface area contributed by atoms with Gasteiger partial charge in [-0.25, -0.2) is 4.79 Å². The third-order valence-electron chi connectivity index (χ3n) is 1.80. The standard InChI is InChI=1S/C10H9N3OS/c11-10(14)13-6-5-8(12-13)3-4-9-2-1-7-15-9/h1-7H,(H2,11,14)/b4-3+. The molecule has 0 aliphatic carbocycles. The molecule has 0 radical (unpaired) electrons. The molecule has 2 rings (SSSR count). The molecule has 5 heteroatoms. The maximum atomic E-state index is 10.7. The number of aromatic nitrogens is 2. The summed E-state index contributed by atoms with van der Waals surface area (Å²) in [5.74, 6) is 0. The smallest absolute Gasteiger partial charge is 0.339 e. The fourth-order valence-electron chi connectivity index (χ4n) is 1.10. The number of hydrogen-bond acceptors (Lipinski definition) is 3.